The van der Waals surface area contributed by atoms with Crippen LogP contribution in [0.5, 0.6) is 0 Å². The minimum absolute atomic E-state index is 0.316. The highest BCUT2D eigenvalue weighted by Crippen LogP contribution is 2.28. The van der Waals surface area contributed by atoms with Gasteiger partial charge in [-0.3, -0.25) is 14.4 Å². The van der Waals surface area contributed by atoms with Crippen molar-refractivity contribution in [1.82, 2.24) is 15.5 Å². The van der Waals surface area contributed by atoms with E-state index in [0.717, 1.165) is 24.8 Å². The number of aryl methyl sites for hydroxylation is 1. The Morgan fingerprint density at radius 1 is 1.08 bits per heavy atom. The first kappa shape index (κ1) is 30.9. The summed E-state index contributed by atoms with van der Waals surface area (Å²) in [5, 5.41) is 5.47. The number of nitrogens with one attached hydrogen (secondary N) is 2. The van der Waals surface area contributed by atoms with E-state index in [1.165, 1.54) is 4.90 Å². The van der Waals surface area contributed by atoms with Crippen LogP contribution in [-0.2, 0) is 19.1 Å². The molecule has 1 rings (SSSR count). The van der Waals surface area contributed by atoms with Crippen LogP contribution in [0.25, 0.3) is 0 Å². The predicted molar refractivity (Wildman–Crippen MR) is 140 cm³/mol. The zero-order valence-corrected chi connectivity index (χ0v) is 22.8. The Morgan fingerprint density at radius 3 is 2.25 bits per heavy atom. The van der Waals surface area contributed by atoms with Crippen LogP contribution < -0.4 is 16.4 Å². The van der Waals surface area contributed by atoms with Gasteiger partial charge < -0.3 is 26.0 Å². The predicted octanol–water partition coefficient (Wildman–Crippen LogP) is 3.74. The molecule has 0 aromatic heterocycles. The van der Waals surface area contributed by atoms with Gasteiger partial charge in [-0.1, -0.05) is 51.0 Å². The summed E-state index contributed by atoms with van der Waals surface area (Å²) < 4.78 is 5.30. The Bertz CT molecular complexity index is 896. The highest BCUT2D eigenvalue weighted by molar-refractivity contribution is 5.94. The van der Waals surface area contributed by atoms with Gasteiger partial charge in [0.25, 0.3) is 0 Å². The van der Waals surface area contributed by atoms with E-state index in [-0.39, 0.29) is 11.9 Å². The molecule has 0 heterocycles. The maximum atomic E-state index is 14.0. The van der Waals surface area contributed by atoms with E-state index in [4.69, 9.17) is 10.5 Å². The van der Waals surface area contributed by atoms with E-state index in [2.05, 4.69) is 17.6 Å². The maximum absolute atomic E-state index is 14.0. The molecule has 202 valence electrons. The number of primary amides is 1. The second-order valence-corrected chi connectivity index (χ2v) is 10.1. The molecule has 0 fully saturated rings. The fourth-order valence-corrected chi connectivity index (χ4v) is 3.82. The monoisotopic (exact) mass is 504 g/mol. The Labute approximate surface area is 215 Å². The van der Waals surface area contributed by atoms with Crippen LogP contribution in [0.2, 0.25) is 0 Å². The summed E-state index contributed by atoms with van der Waals surface area (Å²) in [6, 6.07) is 4.77. The lowest BCUT2D eigenvalue weighted by Gasteiger charge is -2.38. The molecule has 0 saturated carbocycles. The summed E-state index contributed by atoms with van der Waals surface area (Å²) in [5.41, 5.74) is 6.15. The van der Waals surface area contributed by atoms with Gasteiger partial charge in [-0.15, -0.1) is 0 Å². The molecule has 0 saturated heterocycles. The molecule has 1 aromatic rings. The van der Waals surface area contributed by atoms with Gasteiger partial charge in [-0.05, 0) is 58.6 Å². The summed E-state index contributed by atoms with van der Waals surface area (Å²) >= 11 is 0. The second-order valence-electron chi connectivity index (χ2n) is 10.1. The Hall–Kier alpha value is -3.10. The number of amides is 4. The number of nitrogens with two attached hydrogens (primary N) is 1. The molecular weight excluding hydrogens is 460 g/mol. The number of carbonyl (C=O) groups excluding carboxylic acids is 4. The molecule has 0 aliphatic heterocycles. The fraction of sp³-hybridized carbons (Fsp3) is 0.630. The van der Waals surface area contributed by atoms with Crippen LogP contribution in [-0.4, -0.2) is 52.9 Å². The molecule has 3 unspecified atom stereocenters. The van der Waals surface area contributed by atoms with Crippen LogP contribution in [0.3, 0.4) is 0 Å². The third-order valence-electron chi connectivity index (χ3n) is 5.80. The third kappa shape index (κ3) is 9.87. The number of hydrogen-bond donors (Lipinski definition) is 3. The van der Waals surface area contributed by atoms with Gasteiger partial charge in [0, 0.05) is 12.6 Å². The fourth-order valence-electron chi connectivity index (χ4n) is 3.82. The number of alkyl carbamates (subject to hydrolysis) is 1. The molecule has 3 atom stereocenters. The highest BCUT2D eigenvalue weighted by atomic mass is 16.6. The van der Waals surface area contributed by atoms with Crippen molar-refractivity contribution in [1.29, 1.82) is 0 Å². The molecule has 0 bridgehead atoms. The van der Waals surface area contributed by atoms with Crippen molar-refractivity contribution in [3.8, 4) is 0 Å². The Balaban J connectivity index is 3.48. The number of carbonyl (C=O) groups is 4. The molecule has 4 amide bonds. The normalized spacial score (nSPS) is 13.8. The number of benzene rings is 1. The molecule has 9 heteroatoms. The summed E-state index contributed by atoms with van der Waals surface area (Å²) in [6.45, 7) is 13.3. The number of hydrogen-bond acceptors (Lipinski definition) is 5. The molecule has 0 aliphatic carbocycles. The van der Waals surface area contributed by atoms with E-state index in [1.54, 1.807) is 20.8 Å². The molecule has 0 aliphatic rings. The van der Waals surface area contributed by atoms with Gasteiger partial charge in [0.2, 0.25) is 17.7 Å². The quantitative estimate of drug-likeness (QED) is 0.352. The molecule has 0 spiro atoms. The van der Waals surface area contributed by atoms with Crippen molar-refractivity contribution in [2.45, 2.75) is 104 Å². The van der Waals surface area contributed by atoms with Crippen molar-refractivity contribution >= 4 is 23.8 Å². The number of nitrogens with zero attached hydrogens (tertiary/aromatic N) is 1. The molecule has 9 nitrogen and oxygen atoms in total. The molecule has 0 radical (unpaired) electrons. The van der Waals surface area contributed by atoms with Gasteiger partial charge in [-0.25, -0.2) is 4.79 Å². The molecule has 36 heavy (non-hydrogen) atoms. The topological polar surface area (TPSA) is 131 Å². The molecule has 1 aromatic carbocycles. The Kier molecular flexibility index (Phi) is 12.4. The second kappa shape index (κ2) is 14.5. The highest BCUT2D eigenvalue weighted by Gasteiger charge is 2.39. The lowest BCUT2D eigenvalue weighted by molar-refractivity contribution is -0.145. The van der Waals surface area contributed by atoms with E-state index in [1.807, 2.05) is 45.0 Å². The zero-order valence-electron chi connectivity index (χ0n) is 22.8. The van der Waals surface area contributed by atoms with E-state index >= 15 is 0 Å². The average molecular weight is 505 g/mol. The van der Waals surface area contributed by atoms with Gasteiger partial charge in [0.05, 0.1) is 6.42 Å². The first-order chi connectivity index (χ1) is 16.8. The Morgan fingerprint density at radius 2 is 1.72 bits per heavy atom. The summed E-state index contributed by atoms with van der Waals surface area (Å²) in [5.74, 6) is -1.65. The SMILES string of the molecule is CCCCCNC(=O)C(c1ccccc1C)N(C(=O)C(CC(N)=O)NC(=O)OC(C)(C)C)C(C)CC. The van der Waals surface area contributed by atoms with Gasteiger partial charge in [-0.2, -0.15) is 0 Å². The van der Waals surface area contributed by atoms with Crippen LogP contribution in [0.4, 0.5) is 4.79 Å². The smallest absolute Gasteiger partial charge is 0.408 e. The average Bonchev–Trinajstić information content (AvgIpc) is 2.78. The first-order valence-electron chi connectivity index (χ1n) is 12.8. The minimum atomic E-state index is -1.29. The summed E-state index contributed by atoms with van der Waals surface area (Å²) in [6.07, 6.45) is 2.09. The lowest BCUT2D eigenvalue weighted by atomic mass is 9.96. The third-order valence-corrected chi connectivity index (χ3v) is 5.80. The molecular formula is C27H44N4O5. The van der Waals surface area contributed by atoms with Crippen molar-refractivity contribution in [2.75, 3.05) is 6.54 Å². The number of ether oxygens (including phenoxy) is 1. The zero-order chi connectivity index (χ0) is 27.5. The maximum Gasteiger partial charge on any atom is 0.408 e. The number of rotatable bonds is 13. The van der Waals surface area contributed by atoms with Crippen molar-refractivity contribution < 1.29 is 23.9 Å². The lowest BCUT2D eigenvalue weighted by Crippen LogP contribution is -2.56. The largest absolute Gasteiger partial charge is 0.444 e. The van der Waals surface area contributed by atoms with E-state index < -0.39 is 42.0 Å². The van der Waals surface area contributed by atoms with Crippen LogP contribution in [0.15, 0.2) is 24.3 Å². The summed E-state index contributed by atoms with van der Waals surface area (Å²) in [7, 11) is 0. The van der Waals surface area contributed by atoms with Gasteiger partial charge in [0.15, 0.2) is 0 Å². The van der Waals surface area contributed by atoms with Crippen LogP contribution in [0, 0.1) is 6.92 Å². The van der Waals surface area contributed by atoms with E-state index in [0.29, 0.717) is 18.5 Å². The van der Waals surface area contributed by atoms with Gasteiger partial charge in [0.1, 0.15) is 17.7 Å². The number of unbranched alkanes of at least 4 members (excludes halogenated alkanes) is 2. The first-order valence-corrected chi connectivity index (χ1v) is 12.8. The van der Waals surface area contributed by atoms with Crippen molar-refractivity contribution in [3.63, 3.8) is 0 Å². The summed E-state index contributed by atoms with van der Waals surface area (Å²) in [4.78, 5) is 53.4. The van der Waals surface area contributed by atoms with Gasteiger partial charge >= 0.3 is 6.09 Å². The standard InChI is InChI=1S/C27H44N4O5/c1-8-10-13-16-29-24(33)23(20-15-12-11-14-18(20)3)31(19(4)9-2)25(34)21(17-22(28)32)30-26(35)36-27(5,6)7/h11-12,14-15,19,21,23H,8-10,13,16-17H2,1-7H3,(H2,28,32)(H,29,33)(H,30,35). The van der Waals surface area contributed by atoms with Crippen LogP contribution >= 0.6 is 0 Å². The van der Waals surface area contributed by atoms with Crippen LogP contribution in [0.1, 0.15) is 90.8 Å². The van der Waals surface area contributed by atoms with Crippen molar-refractivity contribution in [3.05, 3.63) is 35.4 Å². The van der Waals surface area contributed by atoms with E-state index in [9.17, 15) is 19.2 Å². The van der Waals surface area contributed by atoms with Crippen molar-refractivity contribution in [2.24, 2.45) is 5.73 Å². The minimum Gasteiger partial charge on any atom is -0.444 e. The molecule has 4 N–H and O–H groups in total.